The van der Waals surface area contributed by atoms with Crippen LogP contribution in [-0.2, 0) is 4.79 Å². The van der Waals surface area contributed by atoms with E-state index in [4.69, 9.17) is 5.11 Å². The fourth-order valence-corrected chi connectivity index (χ4v) is 1.68. The second-order valence-electron chi connectivity index (χ2n) is 4.25. The number of rotatable bonds is 6. The predicted molar refractivity (Wildman–Crippen MR) is 66.0 cm³/mol. The van der Waals surface area contributed by atoms with E-state index in [0.29, 0.717) is 6.42 Å². The Kier molecular flexibility index (Phi) is 4.97. The van der Waals surface area contributed by atoms with Crippen molar-refractivity contribution >= 4 is 5.97 Å². The molecule has 2 N–H and O–H groups in total. The summed E-state index contributed by atoms with van der Waals surface area (Å²) in [6.45, 7) is 2.81. The van der Waals surface area contributed by atoms with Crippen molar-refractivity contribution in [3.05, 3.63) is 29.8 Å². The Bertz CT molecular complexity index is 361. The Balaban J connectivity index is 2.48. The summed E-state index contributed by atoms with van der Waals surface area (Å²) in [6, 6.07) is 7.30. The lowest BCUT2D eigenvalue weighted by Gasteiger charge is -2.24. The van der Waals surface area contributed by atoms with Crippen LogP contribution in [0.1, 0.15) is 31.4 Å². The molecule has 1 unspecified atom stereocenters. The maximum atomic E-state index is 10.4. The third-order valence-electron chi connectivity index (χ3n) is 2.94. The lowest BCUT2D eigenvalue weighted by atomic mass is 10.1. The van der Waals surface area contributed by atoms with E-state index >= 15 is 0 Å². The van der Waals surface area contributed by atoms with Crippen LogP contribution < -0.4 is 0 Å². The van der Waals surface area contributed by atoms with E-state index < -0.39 is 5.97 Å². The van der Waals surface area contributed by atoms with Crippen molar-refractivity contribution in [1.82, 2.24) is 4.90 Å². The number of nitrogens with zero attached hydrogens (tertiary/aromatic N) is 1. The fraction of sp³-hybridized carbons (Fsp3) is 0.462. The molecule has 4 nitrogen and oxygen atoms in total. The first-order chi connectivity index (χ1) is 8.00. The first-order valence-corrected chi connectivity index (χ1v) is 5.71. The molecule has 0 fully saturated rings. The molecule has 17 heavy (non-hydrogen) atoms. The van der Waals surface area contributed by atoms with Gasteiger partial charge in [0.15, 0.2) is 0 Å². The number of aromatic hydroxyl groups is 1. The van der Waals surface area contributed by atoms with Crippen LogP contribution in [0.4, 0.5) is 0 Å². The van der Waals surface area contributed by atoms with Crippen LogP contribution in [0, 0.1) is 0 Å². The summed E-state index contributed by atoms with van der Waals surface area (Å²) < 4.78 is 0. The summed E-state index contributed by atoms with van der Waals surface area (Å²) in [4.78, 5) is 12.5. The van der Waals surface area contributed by atoms with Crippen LogP contribution in [0.2, 0.25) is 0 Å². The highest BCUT2D eigenvalue weighted by Crippen LogP contribution is 2.21. The standard InChI is InChI=1S/C13H19NO3/c1-10(11-5-7-12(15)8-6-11)14(2)9-3-4-13(16)17/h5-8,10,15H,3-4,9H2,1-2H3,(H,16,17). The highest BCUT2D eigenvalue weighted by Gasteiger charge is 2.11. The van der Waals surface area contributed by atoms with E-state index in [0.717, 1.165) is 12.1 Å². The smallest absolute Gasteiger partial charge is 0.303 e. The van der Waals surface area contributed by atoms with Crippen molar-refractivity contribution < 1.29 is 15.0 Å². The molecule has 0 bridgehead atoms. The Morgan fingerprint density at radius 3 is 2.47 bits per heavy atom. The van der Waals surface area contributed by atoms with Crippen LogP contribution in [0.25, 0.3) is 0 Å². The van der Waals surface area contributed by atoms with Gasteiger partial charge in [-0.3, -0.25) is 9.69 Å². The van der Waals surface area contributed by atoms with E-state index in [2.05, 4.69) is 11.8 Å². The second kappa shape index (κ2) is 6.25. The molecule has 0 heterocycles. The van der Waals surface area contributed by atoms with E-state index in [1.165, 1.54) is 0 Å². The van der Waals surface area contributed by atoms with Crippen molar-refractivity contribution in [3.8, 4) is 5.75 Å². The Hall–Kier alpha value is -1.55. The molecule has 0 saturated heterocycles. The minimum Gasteiger partial charge on any atom is -0.508 e. The number of carboxylic acids is 1. The topological polar surface area (TPSA) is 60.8 Å². The molecule has 0 aliphatic rings. The second-order valence-corrected chi connectivity index (χ2v) is 4.25. The van der Waals surface area contributed by atoms with E-state index in [1.807, 2.05) is 19.2 Å². The lowest BCUT2D eigenvalue weighted by molar-refractivity contribution is -0.137. The Morgan fingerprint density at radius 1 is 1.35 bits per heavy atom. The average molecular weight is 237 g/mol. The Morgan fingerprint density at radius 2 is 1.94 bits per heavy atom. The van der Waals surface area contributed by atoms with Gasteiger partial charge in [0, 0.05) is 12.5 Å². The molecule has 0 amide bonds. The zero-order valence-electron chi connectivity index (χ0n) is 10.3. The number of carbonyl (C=O) groups is 1. The quantitative estimate of drug-likeness (QED) is 0.796. The fourth-order valence-electron chi connectivity index (χ4n) is 1.68. The Labute approximate surface area is 101 Å². The van der Waals surface area contributed by atoms with E-state index in [9.17, 15) is 9.90 Å². The molecule has 1 aromatic carbocycles. The summed E-state index contributed by atoms with van der Waals surface area (Å²) in [6.07, 6.45) is 0.848. The number of phenolic OH excluding ortho intramolecular Hbond substituents is 1. The van der Waals surface area contributed by atoms with Gasteiger partial charge in [-0.2, -0.15) is 0 Å². The molecule has 4 heteroatoms. The number of hydrogen-bond acceptors (Lipinski definition) is 3. The molecular weight excluding hydrogens is 218 g/mol. The van der Waals surface area contributed by atoms with Crippen LogP contribution in [-0.4, -0.2) is 34.7 Å². The number of benzene rings is 1. The molecule has 0 radical (unpaired) electrons. The van der Waals surface area contributed by atoms with Gasteiger partial charge in [-0.1, -0.05) is 12.1 Å². The van der Waals surface area contributed by atoms with Crippen LogP contribution >= 0.6 is 0 Å². The number of carboxylic acid groups (broad SMARTS) is 1. The van der Waals surface area contributed by atoms with Gasteiger partial charge in [-0.15, -0.1) is 0 Å². The molecule has 0 aromatic heterocycles. The molecule has 0 spiro atoms. The predicted octanol–water partition coefficient (Wildman–Crippen LogP) is 2.25. The van der Waals surface area contributed by atoms with Crippen molar-refractivity contribution in [2.75, 3.05) is 13.6 Å². The minimum absolute atomic E-state index is 0.201. The van der Waals surface area contributed by atoms with Crippen LogP contribution in [0.5, 0.6) is 5.75 Å². The van der Waals surface area contributed by atoms with E-state index in [1.54, 1.807) is 12.1 Å². The van der Waals surface area contributed by atoms with Crippen molar-refractivity contribution in [2.24, 2.45) is 0 Å². The first kappa shape index (κ1) is 13.5. The summed E-state index contributed by atoms with van der Waals surface area (Å²) in [5.74, 6) is -0.495. The summed E-state index contributed by atoms with van der Waals surface area (Å²) in [5.41, 5.74) is 1.11. The minimum atomic E-state index is -0.754. The number of phenols is 1. The third-order valence-corrected chi connectivity index (χ3v) is 2.94. The number of hydrogen-bond donors (Lipinski definition) is 2. The summed E-state index contributed by atoms with van der Waals surface area (Å²) in [5, 5.41) is 17.8. The van der Waals surface area contributed by atoms with Crippen molar-refractivity contribution in [3.63, 3.8) is 0 Å². The molecule has 1 atom stereocenters. The van der Waals surface area contributed by atoms with Gasteiger partial charge >= 0.3 is 5.97 Å². The van der Waals surface area contributed by atoms with Gasteiger partial charge in [0.2, 0.25) is 0 Å². The van der Waals surface area contributed by atoms with Gasteiger partial charge in [-0.05, 0) is 44.6 Å². The van der Waals surface area contributed by atoms with E-state index in [-0.39, 0.29) is 18.2 Å². The highest BCUT2D eigenvalue weighted by molar-refractivity contribution is 5.66. The highest BCUT2D eigenvalue weighted by atomic mass is 16.4. The molecule has 1 aromatic rings. The molecule has 0 saturated carbocycles. The van der Waals surface area contributed by atoms with Crippen molar-refractivity contribution in [2.45, 2.75) is 25.8 Å². The average Bonchev–Trinajstić information content (AvgIpc) is 2.28. The van der Waals surface area contributed by atoms with Gasteiger partial charge < -0.3 is 10.2 Å². The van der Waals surface area contributed by atoms with Crippen LogP contribution in [0.3, 0.4) is 0 Å². The van der Waals surface area contributed by atoms with Gasteiger partial charge in [0.05, 0.1) is 0 Å². The molecule has 1 rings (SSSR count). The normalized spacial score (nSPS) is 12.6. The van der Waals surface area contributed by atoms with Gasteiger partial charge in [0.1, 0.15) is 5.75 Å². The first-order valence-electron chi connectivity index (χ1n) is 5.71. The lowest BCUT2D eigenvalue weighted by Crippen LogP contribution is -2.24. The summed E-state index contributed by atoms with van der Waals surface area (Å²) >= 11 is 0. The molecule has 0 aliphatic heterocycles. The number of aliphatic carboxylic acids is 1. The third kappa shape index (κ3) is 4.44. The maximum Gasteiger partial charge on any atom is 0.303 e. The monoisotopic (exact) mass is 237 g/mol. The maximum absolute atomic E-state index is 10.4. The zero-order chi connectivity index (χ0) is 12.8. The van der Waals surface area contributed by atoms with Crippen molar-refractivity contribution in [1.29, 1.82) is 0 Å². The zero-order valence-corrected chi connectivity index (χ0v) is 10.3. The van der Waals surface area contributed by atoms with Crippen LogP contribution in [0.15, 0.2) is 24.3 Å². The molecule has 0 aliphatic carbocycles. The van der Waals surface area contributed by atoms with Gasteiger partial charge in [-0.25, -0.2) is 0 Å². The largest absolute Gasteiger partial charge is 0.508 e. The molecular formula is C13H19NO3. The molecule has 94 valence electrons. The SMILES string of the molecule is CC(c1ccc(O)cc1)N(C)CCCC(=O)O. The van der Waals surface area contributed by atoms with Gasteiger partial charge in [0.25, 0.3) is 0 Å². The summed E-state index contributed by atoms with van der Waals surface area (Å²) in [7, 11) is 1.97.